The first-order chi connectivity index (χ1) is 13.0. The van der Waals surface area contributed by atoms with E-state index in [2.05, 4.69) is 5.32 Å². The van der Waals surface area contributed by atoms with E-state index in [1.165, 1.54) is 7.11 Å². The number of hydrogen-bond acceptors (Lipinski definition) is 5. The lowest BCUT2D eigenvalue weighted by atomic mass is 10.1. The summed E-state index contributed by atoms with van der Waals surface area (Å²) < 4.78 is 16.0. The minimum Gasteiger partial charge on any atom is -0.490 e. The Morgan fingerprint density at radius 2 is 1.70 bits per heavy atom. The van der Waals surface area contributed by atoms with Crippen LogP contribution in [0.2, 0.25) is 0 Å². The highest BCUT2D eigenvalue weighted by molar-refractivity contribution is 6.05. The number of methoxy groups -OCH3 is 1. The maximum atomic E-state index is 12.7. The van der Waals surface area contributed by atoms with E-state index in [1.54, 1.807) is 36.4 Å². The van der Waals surface area contributed by atoms with Crippen LogP contribution in [-0.2, 0) is 4.74 Å². The normalized spacial score (nSPS) is 10.2. The van der Waals surface area contributed by atoms with Crippen LogP contribution in [0, 0.1) is 6.92 Å². The van der Waals surface area contributed by atoms with Crippen LogP contribution in [0.15, 0.2) is 36.4 Å². The second-order valence-corrected chi connectivity index (χ2v) is 5.92. The van der Waals surface area contributed by atoms with Crippen LogP contribution in [0.5, 0.6) is 11.5 Å². The monoisotopic (exact) mass is 371 g/mol. The number of hydrogen-bond donors (Lipinski definition) is 1. The van der Waals surface area contributed by atoms with Gasteiger partial charge in [-0.25, -0.2) is 4.79 Å². The van der Waals surface area contributed by atoms with Crippen LogP contribution in [-0.4, -0.2) is 32.2 Å². The second kappa shape index (κ2) is 9.62. The molecule has 2 aromatic carbocycles. The molecule has 0 bridgehead atoms. The van der Waals surface area contributed by atoms with Gasteiger partial charge < -0.3 is 19.5 Å². The SMILES string of the molecule is CCCOc1ccc(C(=O)Nc2cc(C(=O)OC)ccc2C)cc1OCC. The van der Waals surface area contributed by atoms with Gasteiger partial charge in [-0.3, -0.25) is 4.79 Å². The highest BCUT2D eigenvalue weighted by atomic mass is 16.5. The van der Waals surface area contributed by atoms with Crippen molar-refractivity contribution >= 4 is 17.6 Å². The minimum absolute atomic E-state index is 0.303. The maximum absolute atomic E-state index is 12.7. The zero-order valence-electron chi connectivity index (χ0n) is 16.1. The number of carbonyl (C=O) groups excluding carboxylic acids is 2. The van der Waals surface area contributed by atoms with E-state index in [0.717, 1.165) is 12.0 Å². The summed E-state index contributed by atoms with van der Waals surface area (Å²) >= 11 is 0. The fourth-order valence-electron chi connectivity index (χ4n) is 2.44. The van der Waals surface area contributed by atoms with Gasteiger partial charge in [0.15, 0.2) is 11.5 Å². The molecular formula is C21H25NO5. The van der Waals surface area contributed by atoms with Crippen LogP contribution in [0.1, 0.15) is 46.5 Å². The van der Waals surface area contributed by atoms with Crippen LogP contribution in [0.4, 0.5) is 5.69 Å². The first kappa shape index (κ1) is 20.3. The summed E-state index contributed by atoms with van der Waals surface area (Å²) in [5, 5.41) is 2.83. The summed E-state index contributed by atoms with van der Waals surface area (Å²) in [5.41, 5.74) is 2.19. The van der Waals surface area contributed by atoms with Gasteiger partial charge in [-0.2, -0.15) is 0 Å². The van der Waals surface area contributed by atoms with E-state index in [-0.39, 0.29) is 5.91 Å². The van der Waals surface area contributed by atoms with Crippen molar-refractivity contribution in [1.29, 1.82) is 0 Å². The summed E-state index contributed by atoms with van der Waals surface area (Å²) in [5.74, 6) is 0.377. The van der Waals surface area contributed by atoms with Gasteiger partial charge in [-0.15, -0.1) is 0 Å². The molecule has 27 heavy (non-hydrogen) atoms. The molecule has 0 fully saturated rings. The molecule has 6 heteroatoms. The van der Waals surface area contributed by atoms with Crippen molar-refractivity contribution < 1.29 is 23.8 Å². The molecule has 144 valence electrons. The Labute approximate surface area is 159 Å². The van der Waals surface area contributed by atoms with E-state index in [1.807, 2.05) is 20.8 Å². The van der Waals surface area contributed by atoms with Crippen LogP contribution >= 0.6 is 0 Å². The lowest BCUT2D eigenvalue weighted by molar-refractivity contribution is 0.0600. The zero-order chi connectivity index (χ0) is 19.8. The lowest BCUT2D eigenvalue weighted by Crippen LogP contribution is -2.14. The van der Waals surface area contributed by atoms with Crippen molar-refractivity contribution in [3.8, 4) is 11.5 Å². The largest absolute Gasteiger partial charge is 0.490 e. The molecule has 0 atom stereocenters. The van der Waals surface area contributed by atoms with Gasteiger partial charge in [0.1, 0.15) is 0 Å². The Bertz CT molecular complexity index is 816. The molecule has 2 rings (SSSR count). The third-order valence-electron chi connectivity index (χ3n) is 3.87. The molecule has 0 saturated heterocycles. The van der Waals surface area contributed by atoms with E-state index in [9.17, 15) is 9.59 Å². The van der Waals surface area contributed by atoms with E-state index in [4.69, 9.17) is 14.2 Å². The first-order valence-electron chi connectivity index (χ1n) is 8.90. The van der Waals surface area contributed by atoms with Crippen molar-refractivity contribution in [2.45, 2.75) is 27.2 Å². The smallest absolute Gasteiger partial charge is 0.337 e. The number of aryl methyl sites for hydroxylation is 1. The molecule has 0 aromatic heterocycles. The Morgan fingerprint density at radius 3 is 2.37 bits per heavy atom. The highest BCUT2D eigenvalue weighted by Crippen LogP contribution is 2.29. The van der Waals surface area contributed by atoms with Crippen LogP contribution in [0.25, 0.3) is 0 Å². The number of benzene rings is 2. The number of amides is 1. The molecule has 0 unspecified atom stereocenters. The maximum Gasteiger partial charge on any atom is 0.337 e. The first-order valence-corrected chi connectivity index (χ1v) is 8.90. The zero-order valence-corrected chi connectivity index (χ0v) is 16.1. The number of esters is 1. The molecule has 0 aliphatic heterocycles. The van der Waals surface area contributed by atoms with Crippen molar-refractivity contribution in [2.24, 2.45) is 0 Å². The van der Waals surface area contributed by atoms with Gasteiger partial charge in [0.2, 0.25) is 0 Å². The Kier molecular flexibility index (Phi) is 7.23. The third kappa shape index (κ3) is 5.23. The average molecular weight is 371 g/mol. The van der Waals surface area contributed by atoms with Gasteiger partial charge in [-0.05, 0) is 56.2 Å². The van der Waals surface area contributed by atoms with E-state index < -0.39 is 5.97 Å². The topological polar surface area (TPSA) is 73.9 Å². The number of rotatable bonds is 8. The second-order valence-electron chi connectivity index (χ2n) is 5.92. The molecule has 6 nitrogen and oxygen atoms in total. The van der Waals surface area contributed by atoms with E-state index >= 15 is 0 Å². The molecule has 1 N–H and O–H groups in total. The molecule has 0 heterocycles. The quantitative estimate of drug-likeness (QED) is 0.703. The van der Waals surface area contributed by atoms with Gasteiger partial charge >= 0.3 is 5.97 Å². The fourth-order valence-corrected chi connectivity index (χ4v) is 2.44. The summed E-state index contributed by atoms with van der Waals surface area (Å²) in [6.45, 7) is 6.79. The molecule has 1 amide bonds. The predicted octanol–water partition coefficient (Wildman–Crippen LogP) is 4.22. The van der Waals surface area contributed by atoms with Crippen molar-refractivity contribution in [2.75, 3.05) is 25.6 Å². The molecule has 0 spiro atoms. The number of anilines is 1. The molecular weight excluding hydrogens is 346 g/mol. The van der Waals surface area contributed by atoms with Gasteiger partial charge in [0.05, 0.1) is 25.9 Å². The Hall–Kier alpha value is -3.02. The van der Waals surface area contributed by atoms with Crippen molar-refractivity contribution in [3.63, 3.8) is 0 Å². The summed E-state index contributed by atoms with van der Waals surface area (Å²) in [6, 6.07) is 10.1. The standard InChI is InChI=1S/C21H25NO5/c1-5-11-27-18-10-9-15(13-19(18)26-6-2)20(23)22-17-12-16(21(24)25-4)8-7-14(17)3/h7-10,12-13H,5-6,11H2,1-4H3,(H,22,23). The Morgan fingerprint density at radius 1 is 0.963 bits per heavy atom. The molecule has 0 radical (unpaired) electrons. The number of nitrogens with one attached hydrogen (secondary N) is 1. The predicted molar refractivity (Wildman–Crippen MR) is 104 cm³/mol. The van der Waals surface area contributed by atoms with Crippen LogP contribution in [0.3, 0.4) is 0 Å². The van der Waals surface area contributed by atoms with Crippen molar-refractivity contribution in [1.82, 2.24) is 0 Å². The van der Waals surface area contributed by atoms with Crippen molar-refractivity contribution in [3.05, 3.63) is 53.1 Å². The summed E-state index contributed by atoms with van der Waals surface area (Å²) in [6.07, 6.45) is 0.879. The minimum atomic E-state index is -0.457. The molecule has 0 aliphatic carbocycles. The number of carbonyl (C=O) groups is 2. The van der Waals surface area contributed by atoms with E-state index in [0.29, 0.717) is 41.5 Å². The summed E-state index contributed by atoms with van der Waals surface area (Å²) in [4.78, 5) is 24.4. The number of ether oxygens (including phenoxy) is 3. The van der Waals surface area contributed by atoms with Crippen LogP contribution < -0.4 is 14.8 Å². The third-order valence-corrected chi connectivity index (χ3v) is 3.87. The average Bonchev–Trinajstić information content (AvgIpc) is 2.68. The fraction of sp³-hybridized carbons (Fsp3) is 0.333. The van der Waals surface area contributed by atoms with Gasteiger partial charge in [0, 0.05) is 11.3 Å². The van der Waals surface area contributed by atoms with Gasteiger partial charge in [0.25, 0.3) is 5.91 Å². The molecule has 0 saturated carbocycles. The highest BCUT2D eigenvalue weighted by Gasteiger charge is 2.14. The van der Waals surface area contributed by atoms with Gasteiger partial charge in [-0.1, -0.05) is 13.0 Å². The molecule has 0 aliphatic rings. The lowest BCUT2D eigenvalue weighted by Gasteiger charge is -2.14. The molecule has 2 aromatic rings. The summed E-state index contributed by atoms with van der Waals surface area (Å²) in [7, 11) is 1.32. The Balaban J connectivity index is 2.25.